The fourth-order valence-electron chi connectivity index (χ4n) is 3.56. The lowest BCUT2D eigenvalue weighted by Crippen LogP contribution is -2.15. The van der Waals surface area contributed by atoms with Crippen LogP contribution >= 0.6 is 22.6 Å². The Balaban J connectivity index is 3.03. The molecule has 0 heterocycles. The van der Waals surface area contributed by atoms with Gasteiger partial charge in [-0.25, -0.2) is 0 Å². The van der Waals surface area contributed by atoms with Crippen LogP contribution in [-0.4, -0.2) is 163 Å². The third-order valence-electron chi connectivity index (χ3n) is 5.96. The van der Waals surface area contributed by atoms with Gasteiger partial charge in [0.1, 0.15) is 0 Å². The van der Waals surface area contributed by atoms with Crippen molar-refractivity contribution in [1.29, 1.82) is 0 Å². The van der Waals surface area contributed by atoms with Crippen molar-refractivity contribution in [3.8, 4) is 0 Å². The van der Waals surface area contributed by atoms with Crippen LogP contribution in [0.5, 0.6) is 0 Å². The molecular weight excluding hydrogens is 703 g/mol. The summed E-state index contributed by atoms with van der Waals surface area (Å²) in [4.78, 5) is 0. The van der Waals surface area contributed by atoms with Crippen molar-refractivity contribution in [1.82, 2.24) is 0 Å². The lowest BCUT2D eigenvalue weighted by Gasteiger charge is -2.09. The minimum atomic E-state index is 0.521. The predicted octanol–water partition coefficient (Wildman–Crippen LogP) is 3.98. The van der Waals surface area contributed by atoms with Gasteiger partial charge < -0.3 is 56.8 Å². The standard InChI is InChI=1S/C32H65IO12/c1-2-3-4-5-6-7-9-34-11-13-36-15-17-38-19-21-40-23-25-42-27-29-44-31-32-45-30-28-43-26-24-41-22-20-39-18-16-37-14-12-35-10-8-33/h2-32H2,1H3. The number of hydrogen-bond acceptors (Lipinski definition) is 12. The molecule has 0 spiro atoms. The van der Waals surface area contributed by atoms with E-state index in [4.69, 9.17) is 56.8 Å². The van der Waals surface area contributed by atoms with Gasteiger partial charge in [-0.15, -0.1) is 0 Å². The van der Waals surface area contributed by atoms with E-state index in [9.17, 15) is 0 Å². The average Bonchev–Trinajstić information content (AvgIpc) is 3.05. The average molecular weight is 769 g/mol. The molecular formula is C32H65IO12. The number of rotatable bonds is 42. The highest BCUT2D eigenvalue weighted by atomic mass is 127. The molecule has 0 saturated carbocycles. The number of halogens is 1. The topological polar surface area (TPSA) is 111 Å². The lowest BCUT2D eigenvalue weighted by atomic mass is 10.1. The summed E-state index contributed by atoms with van der Waals surface area (Å²) in [6.45, 7) is 16.0. The van der Waals surface area contributed by atoms with E-state index in [0.717, 1.165) is 24.1 Å². The van der Waals surface area contributed by atoms with Crippen LogP contribution in [0.3, 0.4) is 0 Å². The number of ether oxygens (including phenoxy) is 12. The highest BCUT2D eigenvalue weighted by Gasteiger charge is 1.97. The second-order valence-electron chi connectivity index (χ2n) is 9.81. The maximum atomic E-state index is 5.58. The molecule has 0 aliphatic rings. The lowest BCUT2D eigenvalue weighted by molar-refractivity contribution is -0.0282. The summed E-state index contributed by atoms with van der Waals surface area (Å²) >= 11 is 2.28. The Hall–Kier alpha value is 0.250. The van der Waals surface area contributed by atoms with Crippen molar-refractivity contribution in [2.45, 2.75) is 45.4 Å². The molecule has 0 aromatic rings. The highest BCUT2D eigenvalue weighted by Crippen LogP contribution is 2.04. The molecule has 0 saturated heterocycles. The van der Waals surface area contributed by atoms with E-state index in [0.29, 0.717) is 145 Å². The summed E-state index contributed by atoms with van der Waals surface area (Å²) in [5.41, 5.74) is 0. The third-order valence-corrected chi connectivity index (χ3v) is 6.40. The van der Waals surface area contributed by atoms with E-state index in [1.165, 1.54) is 32.1 Å². The van der Waals surface area contributed by atoms with Crippen molar-refractivity contribution >= 4 is 22.6 Å². The Labute approximate surface area is 287 Å². The molecule has 12 nitrogen and oxygen atoms in total. The van der Waals surface area contributed by atoms with Gasteiger partial charge in [0, 0.05) is 11.0 Å². The summed E-state index contributed by atoms with van der Waals surface area (Å²) in [6, 6.07) is 0. The molecule has 0 bridgehead atoms. The van der Waals surface area contributed by atoms with E-state index < -0.39 is 0 Å². The molecule has 45 heavy (non-hydrogen) atoms. The van der Waals surface area contributed by atoms with Crippen molar-refractivity contribution in [3.05, 3.63) is 0 Å². The normalized spacial score (nSPS) is 11.6. The number of alkyl halides is 1. The van der Waals surface area contributed by atoms with E-state index in [1.807, 2.05) is 0 Å². The summed E-state index contributed by atoms with van der Waals surface area (Å²) in [7, 11) is 0. The van der Waals surface area contributed by atoms with Crippen LogP contribution in [0, 0.1) is 0 Å². The summed E-state index contributed by atoms with van der Waals surface area (Å²) in [6.07, 6.45) is 7.69. The first-order chi connectivity index (χ1) is 22.4. The zero-order chi connectivity index (χ0) is 32.4. The van der Waals surface area contributed by atoms with Crippen LogP contribution in [0.25, 0.3) is 0 Å². The first-order valence-corrected chi connectivity index (χ1v) is 18.4. The van der Waals surface area contributed by atoms with E-state index in [1.54, 1.807) is 0 Å². The Morgan fingerprint density at radius 1 is 0.244 bits per heavy atom. The van der Waals surface area contributed by atoms with Crippen LogP contribution in [0.1, 0.15) is 45.4 Å². The number of unbranched alkanes of at least 4 members (excludes halogenated alkanes) is 5. The molecule has 0 aliphatic carbocycles. The molecule has 0 aromatic carbocycles. The van der Waals surface area contributed by atoms with Crippen molar-refractivity contribution in [2.75, 3.05) is 163 Å². The Bertz CT molecular complexity index is 469. The summed E-state index contributed by atoms with van der Waals surface area (Å²) in [5, 5.41) is 0. The zero-order valence-electron chi connectivity index (χ0n) is 28.2. The van der Waals surface area contributed by atoms with Crippen LogP contribution in [-0.2, 0) is 56.8 Å². The maximum absolute atomic E-state index is 5.58. The van der Waals surface area contributed by atoms with Gasteiger partial charge in [0.2, 0.25) is 0 Å². The quantitative estimate of drug-likeness (QED) is 0.0509. The molecule has 13 heteroatoms. The molecule has 272 valence electrons. The van der Waals surface area contributed by atoms with Crippen LogP contribution in [0.15, 0.2) is 0 Å². The SMILES string of the molecule is CCCCCCCCOCCOCCOCCOCCOCCOCCOCCOCCOCCOCCOCCOCCI. The predicted molar refractivity (Wildman–Crippen MR) is 182 cm³/mol. The molecule has 0 aromatic heterocycles. The van der Waals surface area contributed by atoms with Gasteiger partial charge in [-0.3, -0.25) is 0 Å². The molecule has 0 atom stereocenters. The van der Waals surface area contributed by atoms with Gasteiger partial charge in [-0.1, -0.05) is 61.6 Å². The minimum Gasteiger partial charge on any atom is -0.379 e. The van der Waals surface area contributed by atoms with Gasteiger partial charge >= 0.3 is 0 Å². The first-order valence-electron chi connectivity index (χ1n) is 16.9. The molecule has 0 unspecified atom stereocenters. The molecule has 0 N–H and O–H groups in total. The van der Waals surface area contributed by atoms with E-state index in [2.05, 4.69) is 29.5 Å². The largest absolute Gasteiger partial charge is 0.379 e. The highest BCUT2D eigenvalue weighted by molar-refractivity contribution is 14.1. The van der Waals surface area contributed by atoms with Crippen molar-refractivity contribution in [3.63, 3.8) is 0 Å². The smallest absolute Gasteiger partial charge is 0.0701 e. The Morgan fingerprint density at radius 3 is 0.689 bits per heavy atom. The Morgan fingerprint density at radius 2 is 0.444 bits per heavy atom. The van der Waals surface area contributed by atoms with Crippen LogP contribution in [0.4, 0.5) is 0 Å². The van der Waals surface area contributed by atoms with Crippen molar-refractivity contribution in [2.24, 2.45) is 0 Å². The molecule has 0 aliphatic heterocycles. The molecule has 0 radical (unpaired) electrons. The molecule has 0 fully saturated rings. The fourth-order valence-corrected chi connectivity index (χ4v) is 3.87. The summed E-state index contributed by atoms with van der Waals surface area (Å²) < 4.78 is 66.7. The number of hydrogen-bond donors (Lipinski definition) is 0. The van der Waals surface area contributed by atoms with Crippen molar-refractivity contribution < 1.29 is 56.8 Å². The van der Waals surface area contributed by atoms with Gasteiger partial charge in [-0.2, -0.15) is 0 Å². The zero-order valence-corrected chi connectivity index (χ0v) is 30.4. The van der Waals surface area contributed by atoms with E-state index in [-0.39, 0.29) is 0 Å². The van der Waals surface area contributed by atoms with Gasteiger partial charge in [0.15, 0.2) is 0 Å². The van der Waals surface area contributed by atoms with Gasteiger partial charge in [0.25, 0.3) is 0 Å². The molecule has 0 rings (SSSR count). The van der Waals surface area contributed by atoms with Crippen LogP contribution in [0.2, 0.25) is 0 Å². The Kier molecular flexibility index (Phi) is 44.5. The fraction of sp³-hybridized carbons (Fsp3) is 1.00. The van der Waals surface area contributed by atoms with E-state index >= 15 is 0 Å². The first kappa shape index (κ1) is 45.2. The molecule has 0 amide bonds. The minimum absolute atomic E-state index is 0.521. The summed E-state index contributed by atoms with van der Waals surface area (Å²) in [5.74, 6) is 0. The van der Waals surface area contributed by atoms with Gasteiger partial charge in [0.05, 0.1) is 152 Å². The maximum Gasteiger partial charge on any atom is 0.0701 e. The third kappa shape index (κ3) is 44.2. The second kappa shape index (κ2) is 44.2. The second-order valence-corrected chi connectivity index (χ2v) is 10.9. The monoisotopic (exact) mass is 768 g/mol. The van der Waals surface area contributed by atoms with Crippen LogP contribution < -0.4 is 0 Å². The van der Waals surface area contributed by atoms with Gasteiger partial charge in [-0.05, 0) is 6.42 Å².